The smallest absolute Gasteiger partial charge is 0.412 e. The monoisotopic (exact) mass is 505 g/mol. The number of carboxylic acid groups (broad SMARTS) is 1. The first-order chi connectivity index (χ1) is 15.2. The number of aliphatic carboxylic acids is 1. The summed E-state index contributed by atoms with van der Waals surface area (Å²) < 4.78 is 12.3. The van der Waals surface area contributed by atoms with Crippen molar-refractivity contribution in [2.75, 3.05) is 18.5 Å². The molecule has 3 N–H and O–H groups in total. The fourth-order valence-electron chi connectivity index (χ4n) is 3.17. The molecule has 8 heteroatoms. The van der Waals surface area contributed by atoms with Gasteiger partial charge in [-0.05, 0) is 54.8 Å². The Labute approximate surface area is 196 Å². The van der Waals surface area contributed by atoms with Crippen molar-refractivity contribution < 1.29 is 29.3 Å². The summed E-state index contributed by atoms with van der Waals surface area (Å²) in [4.78, 5) is 23.4. The lowest BCUT2D eigenvalue weighted by Gasteiger charge is -2.34. The van der Waals surface area contributed by atoms with Crippen molar-refractivity contribution in [1.82, 2.24) is 0 Å². The summed E-state index contributed by atoms with van der Waals surface area (Å²) in [5.74, 6) is -0.446. The topological polar surface area (TPSA) is 105 Å². The van der Waals surface area contributed by atoms with Crippen molar-refractivity contribution in [3.8, 4) is 5.75 Å². The molecule has 0 fully saturated rings. The van der Waals surface area contributed by atoms with Crippen molar-refractivity contribution >= 4 is 33.7 Å². The highest BCUT2D eigenvalue weighted by molar-refractivity contribution is 9.10. The number of allylic oxidation sites excluding steroid dienone is 1. The number of halogens is 1. The normalized spacial score (nSPS) is 12.4. The third-order valence-electron chi connectivity index (χ3n) is 4.76. The van der Waals surface area contributed by atoms with Crippen molar-refractivity contribution in [1.29, 1.82) is 0 Å². The molecule has 0 aliphatic heterocycles. The molecule has 0 saturated carbocycles. The first-order valence-corrected chi connectivity index (χ1v) is 11.0. The maximum Gasteiger partial charge on any atom is 0.412 e. The van der Waals surface area contributed by atoms with Crippen molar-refractivity contribution in [2.24, 2.45) is 5.41 Å². The molecule has 0 heterocycles. The number of nitrogens with one attached hydrogen (secondary N) is 1. The fraction of sp³-hybridized carbons (Fsp3) is 0.333. The quantitative estimate of drug-likeness (QED) is 0.345. The van der Waals surface area contributed by atoms with Crippen molar-refractivity contribution in [2.45, 2.75) is 32.8 Å². The van der Waals surface area contributed by atoms with Crippen LogP contribution in [-0.2, 0) is 9.53 Å². The number of carbonyl (C=O) groups is 2. The molecule has 1 atom stereocenters. The number of hydrogen-bond acceptors (Lipinski definition) is 5. The Bertz CT molecular complexity index is 926. The van der Waals surface area contributed by atoms with E-state index in [1.54, 1.807) is 36.4 Å². The van der Waals surface area contributed by atoms with Crippen LogP contribution in [-0.4, -0.2) is 35.5 Å². The van der Waals surface area contributed by atoms with Crippen LogP contribution in [0.15, 0.2) is 65.2 Å². The summed E-state index contributed by atoms with van der Waals surface area (Å²) in [5, 5.41) is 20.6. The lowest BCUT2D eigenvalue weighted by molar-refractivity contribution is -0.131. The molecule has 0 saturated heterocycles. The Morgan fingerprint density at radius 3 is 2.56 bits per heavy atom. The van der Waals surface area contributed by atoms with Gasteiger partial charge in [-0.15, -0.1) is 0 Å². The average molecular weight is 506 g/mol. The van der Waals surface area contributed by atoms with Crippen LogP contribution in [0, 0.1) is 5.41 Å². The zero-order valence-corrected chi connectivity index (χ0v) is 19.7. The molecule has 32 heavy (non-hydrogen) atoms. The first kappa shape index (κ1) is 25.4. The second-order valence-corrected chi connectivity index (χ2v) is 8.75. The van der Waals surface area contributed by atoms with Crippen LogP contribution in [0.4, 0.5) is 10.5 Å². The predicted molar refractivity (Wildman–Crippen MR) is 126 cm³/mol. The molecule has 172 valence electrons. The molecule has 0 aromatic heterocycles. The highest BCUT2D eigenvalue weighted by Gasteiger charge is 2.34. The van der Waals surface area contributed by atoms with Crippen LogP contribution in [0.1, 0.15) is 38.4 Å². The fourth-order valence-corrected chi connectivity index (χ4v) is 3.43. The Kier molecular flexibility index (Phi) is 9.74. The van der Waals surface area contributed by atoms with E-state index in [2.05, 4.69) is 21.2 Å². The number of ether oxygens (including phenoxy) is 2. The minimum Gasteiger partial charge on any atom is -0.491 e. The molecule has 0 radical (unpaired) electrons. The van der Waals surface area contributed by atoms with Gasteiger partial charge >= 0.3 is 12.1 Å². The molecule has 0 aliphatic rings. The average Bonchev–Trinajstić information content (AvgIpc) is 2.75. The first-order valence-electron chi connectivity index (χ1n) is 10.2. The molecule has 0 bridgehead atoms. The summed E-state index contributed by atoms with van der Waals surface area (Å²) >= 11 is 3.36. The van der Waals surface area contributed by atoms with E-state index in [0.29, 0.717) is 24.3 Å². The highest BCUT2D eigenvalue weighted by atomic mass is 79.9. The predicted octanol–water partition coefficient (Wildman–Crippen LogP) is 5.56. The summed E-state index contributed by atoms with van der Waals surface area (Å²) in [7, 11) is 0. The van der Waals surface area contributed by atoms with E-state index < -0.39 is 23.6 Å². The SMILES string of the molecule is CC(C)(CC/C=C/C(=O)O)[C@H](OC(=O)Nc1ccc(Br)cc1)c1cccc(OCCO)c1. The molecular weight excluding hydrogens is 478 g/mol. The van der Waals surface area contributed by atoms with Crippen LogP contribution in [0.2, 0.25) is 0 Å². The number of anilines is 1. The van der Waals surface area contributed by atoms with Crippen molar-refractivity contribution in [3.63, 3.8) is 0 Å². The van der Waals surface area contributed by atoms with E-state index in [1.165, 1.54) is 0 Å². The van der Waals surface area contributed by atoms with Gasteiger partial charge in [-0.2, -0.15) is 0 Å². The number of hydrogen-bond donors (Lipinski definition) is 3. The van der Waals surface area contributed by atoms with Gasteiger partial charge in [0.15, 0.2) is 0 Å². The lowest BCUT2D eigenvalue weighted by atomic mass is 9.78. The molecule has 0 spiro atoms. The van der Waals surface area contributed by atoms with E-state index in [0.717, 1.165) is 16.1 Å². The van der Waals surface area contributed by atoms with E-state index in [1.807, 2.05) is 32.0 Å². The molecule has 1 amide bonds. The van der Waals surface area contributed by atoms with E-state index in [-0.39, 0.29) is 13.2 Å². The van der Waals surface area contributed by atoms with Crippen molar-refractivity contribution in [3.05, 3.63) is 70.7 Å². The van der Waals surface area contributed by atoms with Crippen LogP contribution >= 0.6 is 15.9 Å². The molecule has 2 aromatic carbocycles. The molecular formula is C24H28BrNO6. The summed E-state index contributed by atoms with van der Waals surface area (Å²) in [6.07, 6.45) is 2.55. The van der Waals surface area contributed by atoms with Crippen LogP contribution in [0.25, 0.3) is 0 Å². The van der Waals surface area contributed by atoms with Gasteiger partial charge in [0.05, 0.1) is 6.61 Å². The molecule has 0 aliphatic carbocycles. The zero-order chi connectivity index (χ0) is 23.6. The highest BCUT2D eigenvalue weighted by Crippen LogP contribution is 2.41. The Balaban J connectivity index is 2.23. The van der Waals surface area contributed by atoms with Gasteiger partial charge in [-0.3, -0.25) is 5.32 Å². The summed E-state index contributed by atoms with van der Waals surface area (Å²) in [6.45, 7) is 3.96. The van der Waals surface area contributed by atoms with Crippen LogP contribution in [0.3, 0.4) is 0 Å². The van der Waals surface area contributed by atoms with Crippen LogP contribution < -0.4 is 10.1 Å². The summed E-state index contributed by atoms with van der Waals surface area (Å²) in [5.41, 5.74) is 0.813. The van der Waals surface area contributed by atoms with E-state index in [9.17, 15) is 9.59 Å². The van der Waals surface area contributed by atoms with E-state index in [4.69, 9.17) is 19.7 Å². The van der Waals surface area contributed by atoms with Gasteiger partial charge in [0.1, 0.15) is 18.5 Å². The van der Waals surface area contributed by atoms with Crippen LogP contribution in [0.5, 0.6) is 5.75 Å². The molecule has 0 unspecified atom stereocenters. The van der Waals surface area contributed by atoms with Gasteiger partial charge in [0, 0.05) is 21.7 Å². The zero-order valence-electron chi connectivity index (χ0n) is 18.1. The van der Waals surface area contributed by atoms with Gasteiger partial charge in [0.25, 0.3) is 0 Å². The molecule has 2 aromatic rings. The largest absolute Gasteiger partial charge is 0.491 e. The minimum atomic E-state index is -1.00. The number of carboxylic acids is 1. The third kappa shape index (κ3) is 8.36. The third-order valence-corrected chi connectivity index (χ3v) is 5.29. The Hall–Kier alpha value is -2.84. The standard InChI is InChI=1S/C24H28BrNO6/c1-24(2,13-4-3-8-21(28)29)22(17-6-5-7-20(16-17)31-15-14-27)32-23(30)26-19-11-9-18(25)10-12-19/h3,5-12,16,22,27H,4,13-15H2,1-2H3,(H,26,30)(H,28,29)/b8-3+/t22-/m1/s1. The second kappa shape index (κ2) is 12.3. The van der Waals surface area contributed by atoms with Gasteiger partial charge in [-0.1, -0.05) is 48.0 Å². The van der Waals surface area contributed by atoms with E-state index >= 15 is 0 Å². The summed E-state index contributed by atoms with van der Waals surface area (Å²) in [6, 6.07) is 14.3. The maximum atomic E-state index is 12.7. The second-order valence-electron chi connectivity index (χ2n) is 7.83. The number of carbonyl (C=O) groups excluding carboxylic acids is 1. The number of amides is 1. The lowest BCUT2D eigenvalue weighted by Crippen LogP contribution is -2.29. The van der Waals surface area contributed by atoms with Gasteiger partial charge < -0.3 is 19.7 Å². The molecule has 7 nitrogen and oxygen atoms in total. The number of aliphatic hydroxyl groups is 1. The number of aliphatic hydroxyl groups excluding tert-OH is 1. The molecule has 2 rings (SSSR count). The van der Waals surface area contributed by atoms with Gasteiger partial charge in [-0.25, -0.2) is 9.59 Å². The minimum absolute atomic E-state index is 0.110. The Morgan fingerprint density at radius 2 is 1.91 bits per heavy atom. The number of rotatable bonds is 11. The number of benzene rings is 2. The van der Waals surface area contributed by atoms with Gasteiger partial charge in [0.2, 0.25) is 0 Å². The maximum absolute atomic E-state index is 12.7. The Morgan fingerprint density at radius 1 is 1.19 bits per heavy atom.